The molecule has 0 amide bonds. The third-order valence-corrected chi connectivity index (χ3v) is 8.13. The Kier molecular flexibility index (Phi) is 5.56. The van der Waals surface area contributed by atoms with Crippen LogP contribution in [-0.2, 0) is 0 Å². The van der Waals surface area contributed by atoms with Gasteiger partial charge < -0.3 is 0 Å². The van der Waals surface area contributed by atoms with Gasteiger partial charge in [0, 0.05) is 0 Å². The van der Waals surface area contributed by atoms with Crippen molar-refractivity contribution in [3.8, 4) is 0 Å². The monoisotopic (exact) mass is 304 g/mol. The van der Waals surface area contributed by atoms with E-state index in [1.54, 1.807) is 44.9 Å². The summed E-state index contributed by atoms with van der Waals surface area (Å²) in [6, 6.07) is 0. The molecule has 0 nitrogen and oxygen atoms in total. The highest BCUT2D eigenvalue weighted by molar-refractivity contribution is 4.96. The van der Waals surface area contributed by atoms with Crippen molar-refractivity contribution in [2.75, 3.05) is 0 Å². The lowest BCUT2D eigenvalue weighted by Crippen LogP contribution is -2.41. The lowest BCUT2D eigenvalue weighted by Gasteiger charge is -2.52. The van der Waals surface area contributed by atoms with Gasteiger partial charge in [-0.15, -0.1) is 0 Å². The Morgan fingerprint density at radius 3 is 1.73 bits per heavy atom. The number of hydrogen-bond acceptors (Lipinski definition) is 0. The van der Waals surface area contributed by atoms with Crippen molar-refractivity contribution in [1.82, 2.24) is 0 Å². The van der Waals surface area contributed by atoms with Gasteiger partial charge in [0.25, 0.3) is 0 Å². The minimum absolute atomic E-state index is 0.868. The van der Waals surface area contributed by atoms with E-state index in [4.69, 9.17) is 0 Å². The standard InChI is InChI=1S/2C11H20/c1-2-10-6-9-11(10)7-4-3-5-8-11;1-2-10-8-11(9-10)6-4-3-5-7-11/h2*10H,2-9H2,1H3. The first-order valence-electron chi connectivity index (χ1n) is 10.7. The second kappa shape index (κ2) is 7.27. The van der Waals surface area contributed by atoms with Gasteiger partial charge in [-0.2, -0.15) is 0 Å². The molecular weight excluding hydrogens is 264 g/mol. The molecule has 1 unspecified atom stereocenters. The van der Waals surface area contributed by atoms with Crippen LogP contribution in [-0.4, -0.2) is 0 Å². The fourth-order valence-corrected chi connectivity index (χ4v) is 6.47. The number of hydrogen-bond donors (Lipinski definition) is 0. The highest BCUT2D eigenvalue weighted by Crippen LogP contribution is 2.57. The first kappa shape index (κ1) is 16.8. The van der Waals surface area contributed by atoms with Crippen molar-refractivity contribution < 1.29 is 0 Å². The SMILES string of the molecule is CCC1CC2(CCCCC2)C1.CCC1CCC12CCCCC2. The molecule has 128 valence electrons. The molecule has 0 N–H and O–H groups in total. The van der Waals surface area contributed by atoms with Crippen molar-refractivity contribution in [1.29, 1.82) is 0 Å². The molecule has 1 atom stereocenters. The zero-order valence-electron chi connectivity index (χ0n) is 15.5. The van der Waals surface area contributed by atoms with Gasteiger partial charge in [0.05, 0.1) is 0 Å². The van der Waals surface area contributed by atoms with E-state index in [2.05, 4.69) is 13.8 Å². The molecule has 0 bridgehead atoms. The van der Waals surface area contributed by atoms with E-state index in [-0.39, 0.29) is 0 Å². The lowest BCUT2D eigenvalue weighted by atomic mass is 9.53. The summed E-state index contributed by atoms with van der Waals surface area (Å²) in [6.45, 7) is 4.72. The maximum atomic E-state index is 2.38. The van der Waals surface area contributed by atoms with E-state index in [1.807, 2.05) is 0 Å². The maximum Gasteiger partial charge on any atom is -0.0269 e. The molecule has 0 saturated heterocycles. The van der Waals surface area contributed by atoms with Gasteiger partial charge in [0.1, 0.15) is 0 Å². The van der Waals surface area contributed by atoms with E-state index in [9.17, 15) is 0 Å². The first-order valence-corrected chi connectivity index (χ1v) is 10.7. The molecule has 2 spiro atoms. The van der Waals surface area contributed by atoms with Crippen LogP contribution in [0.4, 0.5) is 0 Å². The van der Waals surface area contributed by atoms with E-state index >= 15 is 0 Å². The molecule has 0 radical (unpaired) electrons. The summed E-state index contributed by atoms with van der Waals surface area (Å²) in [5.74, 6) is 2.22. The Morgan fingerprint density at radius 1 is 0.682 bits per heavy atom. The van der Waals surface area contributed by atoms with Crippen LogP contribution in [0.2, 0.25) is 0 Å². The Hall–Kier alpha value is 0. The summed E-state index contributed by atoms with van der Waals surface area (Å²) in [5.41, 5.74) is 1.74. The Bertz CT molecular complexity index is 320. The van der Waals surface area contributed by atoms with Crippen LogP contribution in [0.3, 0.4) is 0 Å². The maximum absolute atomic E-state index is 2.38. The average Bonchev–Trinajstić information content (AvgIpc) is 2.54. The minimum atomic E-state index is 0.868. The molecule has 4 fully saturated rings. The van der Waals surface area contributed by atoms with Gasteiger partial charge in [-0.05, 0) is 74.0 Å². The third kappa shape index (κ3) is 3.41. The van der Waals surface area contributed by atoms with Crippen LogP contribution in [0, 0.1) is 22.7 Å². The van der Waals surface area contributed by atoms with E-state index in [0.29, 0.717) is 0 Å². The minimum Gasteiger partial charge on any atom is -0.0651 e. The molecule has 4 aliphatic carbocycles. The summed E-state index contributed by atoms with van der Waals surface area (Å²) < 4.78 is 0. The molecule has 0 aromatic rings. The summed E-state index contributed by atoms with van der Waals surface area (Å²) in [5, 5.41) is 0. The van der Waals surface area contributed by atoms with Crippen LogP contribution in [0.15, 0.2) is 0 Å². The fourth-order valence-electron chi connectivity index (χ4n) is 6.47. The molecule has 0 heterocycles. The first-order chi connectivity index (χ1) is 10.7. The van der Waals surface area contributed by atoms with Gasteiger partial charge in [-0.25, -0.2) is 0 Å². The van der Waals surface area contributed by atoms with Crippen LogP contribution in [0.1, 0.15) is 117 Å². The van der Waals surface area contributed by atoms with Crippen molar-refractivity contribution >= 4 is 0 Å². The highest BCUT2D eigenvalue weighted by atomic mass is 14.5. The van der Waals surface area contributed by atoms with E-state index in [0.717, 1.165) is 22.7 Å². The molecule has 4 aliphatic rings. The predicted octanol–water partition coefficient (Wildman–Crippen LogP) is 7.51. The molecule has 0 heteroatoms. The highest BCUT2D eigenvalue weighted by Gasteiger charge is 2.45. The molecule has 0 aromatic heterocycles. The van der Waals surface area contributed by atoms with Crippen LogP contribution < -0.4 is 0 Å². The molecule has 0 aliphatic heterocycles. The summed E-state index contributed by atoms with van der Waals surface area (Å²) in [4.78, 5) is 0. The number of rotatable bonds is 2. The van der Waals surface area contributed by atoms with Gasteiger partial charge in [0.15, 0.2) is 0 Å². The summed E-state index contributed by atoms with van der Waals surface area (Å²) >= 11 is 0. The topological polar surface area (TPSA) is 0 Å². The summed E-state index contributed by atoms with van der Waals surface area (Å²) in [6.07, 6.45) is 24.5. The van der Waals surface area contributed by atoms with Crippen LogP contribution >= 0.6 is 0 Å². The van der Waals surface area contributed by atoms with Crippen molar-refractivity contribution in [2.24, 2.45) is 22.7 Å². The largest absolute Gasteiger partial charge is 0.0651 e. The van der Waals surface area contributed by atoms with E-state index in [1.165, 1.54) is 57.8 Å². The molecule has 4 saturated carbocycles. The molecular formula is C22H40. The predicted molar refractivity (Wildman–Crippen MR) is 97.1 cm³/mol. The second-order valence-electron chi connectivity index (χ2n) is 9.31. The Morgan fingerprint density at radius 2 is 1.27 bits per heavy atom. The Balaban J connectivity index is 0.000000131. The van der Waals surface area contributed by atoms with Crippen molar-refractivity contribution in [2.45, 2.75) is 117 Å². The molecule has 4 rings (SSSR count). The van der Waals surface area contributed by atoms with Gasteiger partial charge >= 0.3 is 0 Å². The Labute approximate surface area is 139 Å². The second-order valence-corrected chi connectivity index (χ2v) is 9.31. The van der Waals surface area contributed by atoms with Crippen LogP contribution in [0.5, 0.6) is 0 Å². The van der Waals surface area contributed by atoms with Crippen molar-refractivity contribution in [3.05, 3.63) is 0 Å². The third-order valence-electron chi connectivity index (χ3n) is 8.13. The van der Waals surface area contributed by atoms with Gasteiger partial charge in [0.2, 0.25) is 0 Å². The molecule has 22 heavy (non-hydrogen) atoms. The summed E-state index contributed by atoms with van der Waals surface area (Å²) in [7, 11) is 0. The lowest BCUT2D eigenvalue weighted by molar-refractivity contribution is -0.0111. The fraction of sp³-hybridized carbons (Fsp3) is 1.00. The molecule has 0 aromatic carbocycles. The quantitative estimate of drug-likeness (QED) is 0.495. The van der Waals surface area contributed by atoms with E-state index < -0.39 is 0 Å². The van der Waals surface area contributed by atoms with Gasteiger partial charge in [-0.3, -0.25) is 0 Å². The average molecular weight is 305 g/mol. The van der Waals surface area contributed by atoms with Gasteiger partial charge in [-0.1, -0.05) is 65.2 Å². The zero-order valence-corrected chi connectivity index (χ0v) is 15.5. The zero-order chi connectivity index (χ0) is 15.5. The van der Waals surface area contributed by atoms with Crippen LogP contribution in [0.25, 0.3) is 0 Å². The normalized spacial score (nSPS) is 32.7. The van der Waals surface area contributed by atoms with Crippen molar-refractivity contribution in [3.63, 3.8) is 0 Å². The smallest absolute Gasteiger partial charge is 0.0269 e.